The van der Waals surface area contributed by atoms with E-state index < -0.39 is 11.7 Å². The Hall–Kier alpha value is -2.45. The average Bonchev–Trinajstić information content (AvgIpc) is 2.71. The van der Waals surface area contributed by atoms with Crippen molar-refractivity contribution < 1.29 is 32.2 Å². The van der Waals surface area contributed by atoms with E-state index in [-0.39, 0.29) is 12.9 Å². The van der Waals surface area contributed by atoms with Gasteiger partial charge in [-0.25, -0.2) is 0 Å². The number of hydrogen-bond donors (Lipinski definition) is 0. The number of benzene rings is 2. The van der Waals surface area contributed by atoms with Crippen LogP contribution in [0.5, 0.6) is 5.75 Å². The van der Waals surface area contributed by atoms with Crippen molar-refractivity contribution in [3.05, 3.63) is 65.2 Å². The number of carbonyl (C=O) groups excluding carboxylic acids is 1. The molecule has 0 aliphatic heterocycles. The predicted octanol–water partition coefficient (Wildman–Crippen LogP) is 5.73. The summed E-state index contributed by atoms with van der Waals surface area (Å²) in [5, 5.41) is 0. The number of thioether (sulfide) groups is 1. The molecule has 2 aromatic carbocycles. The summed E-state index contributed by atoms with van der Waals surface area (Å²) in [6.07, 6.45) is -0.928. The molecule has 2 aromatic rings. The van der Waals surface area contributed by atoms with Crippen molar-refractivity contribution >= 4 is 24.3 Å². The van der Waals surface area contributed by atoms with E-state index in [1.54, 1.807) is 23.9 Å². The maximum Gasteiger partial charge on any atom is 0.416 e. The highest BCUT2D eigenvalue weighted by Crippen LogP contribution is 2.29. The van der Waals surface area contributed by atoms with E-state index in [1.165, 1.54) is 12.1 Å². The molecule has 0 saturated carbocycles. The molecule has 2 rings (SSSR count). The molecule has 30 heavy (non-hydrogen) atoms. The van der Waals surface area contributed by atoms with Crippen molar-refractivity contribution in [2.24, 2.45) is 0 Å². The fraction of sp³-hybridized carbons (Fsp3) is 0.318. The number of carbonyl (C=O) groups is 1. The topological polar surface area (TPSA) is 44.8 Å². The molecule has 0 saturated heterocycles. The van der Waals surface area contributed by atoms with Crippen molar-refractivity contribution in [2.75, 3.05) is 19.2 Å². The minimum absolute atomic E-state index is 0.141. The molecule has 0 aliphatic rings. The lowest BCUT2D eigenvalue weighted by Crippen LogP contribution is -2.12. The lowest BCUT2D eigenvalue weighted by atomic mass is 10.1. The van der Waals surface area contributed by atoms with Crippen LogP contribution in [0.2, 0.25) is 0 Å². The molecule has 0 heterocycles. The van der Waals surface area contributed by atoms with E-state index in [1.807, 2.05) is 32.1 Å². The van der Waals surface area contributed by atoms with Gasteiger partial charge in [-0.05, 0) is 55.3 Å². The quantitative estimate of drug-likeness (QED) is 0.193. The fourth-order valence-electron chi connectivity index (χ4n) is 2.55. The second kappa shape index (κ2) is 11.7. The van der Waals surface area contributed by atoms with Gasteiger partial charge >= 0.3 is 6.18 Å². The SMILES string of the molecule is CCOC(/C=C/c1ccc(C(F)(F)F)cc1)CSc1ccc(OCOC=O)c(C)c1. The highest BCUT2D eigenvalue weighted by Gasteiger charge is 2.29. The van der Waals surface area contributed by atoms with Gasteiger partial charge in [0.15, 0.2) is 0 Å². The van der Waals surface area contributed by atoms with Crippen molar-refractivity contribution in [3.63, 3.8) is 0 Å². The predicted molar refractivity (Wildman–Crippen MR) is 110 cm³/mol. The van der Waals surface area contributed by atoms with Gasteiger partial charge in [0.2, 0.25) is 6.79 Å². The van der Waals surface area contributed by atoms with Crippen LogP contribution in [0.4, 0.5) is 13.2 Å². The van der Waals surface area contributed by atoms with Crippen LogP contribution < -0.4 is 4.74 Å². The minimum Gasteiger partial charge on any atom is -0.457 e. The molecule has 0 N–H and O–H groups in total. The van der Waals surface area contributed by atoms with E-state index in [0.717, 1.165) is 22.6 Å². The van der Waals surface area contributed by atoms with Crippen molar-refractivity contribution in [2.45, 2.75) is 31.0 Å². The maximum atomic E-state index is 12.7. The molecular weight excluding hydrogens is 417 g/mol. The lowest BCUT2D eigenvalue weighted by molar-refractivity contribution is -0.137. The molecule has 8 heteroatoms. The summed E-state index contributed by atoms with van der Waals surface area (Å²) in [6, 6.07) is 10.7. The normalized spacial score (nSPS) is 12.7. The van der Waals surface area contributed by atoms with Crippen LogP contribution in [-0.4, -0.2) is 31.7 Å². The number of rotatable bonds is 11. The molecule has 0 aliphatic carbocycles. The zero-order valence-electron chi connectivity index (χ0n) is 16.6. The van der Waals surface area contributed by atoms with E-state index in [4.69, 9.17) is 9.47 Å². The Balaban J connectivity index is 1.96. The third-order valence-corrected chi connectivity index (χ3v) is 5.12. The first kappa shape index (κ1) is 23.8. The van der Waals surface area contributed by atoms with Crippen molar-refractivity contribution in [1.29, 1.82) is 0 Å². The standard InChI is InChI=1S/C22H23F3O4S/c1-3-28-19(9-6-17-4-7-18(8-5-17)22(23,24)25)13-30-20-10-11-21(16(2)12-20)29-15-27-14-26/h4-12,14,19H,3,13,15H2,1-2H3/b9-6+. The number of hydrogen-bond acceptors (Lipinski definition) is 5. The van der Waals surface area contributed by atoms with Crippen LogP contribution in [0, 0.1) is 6.92 Å². The van der Waals surface area contributed by atoms with Crippen LogP contribution in [0.3, 0.4) is 0 Å². The average molecular weight is 440 g/mol. The first-order valence-electron chi connectivity index (χ1n) is 9.22. The molecular formula is C22H23F3O4S. The van der Waals surface area contributed by atoms with Crippen LogP contribution in [0.15, 0.2) is 53.4 Å². The molecule has 0 spiro atoms. The van der Waals surface area contributed by atoms with Gasteiger partial charge in [0.25, 0.3) is 6.47 Å². The smallest absolute Gasteiger partial charge is 0.416 e. The Morgan fingerprint density at radius 3 is 2.47 bits per heavy atom. The second-order valence-corrected chi connectivity index (χ2v) is 7.33. The first-order chi connectivity index (χ1) is 14.3. The zero-order valence-corrected chi connectivity index (χ0v) is 17.5. The fourth-order valence-corrected chi connectivity index (χ4v) is 3.54. The van der Waals surface area contributed by atoms with Gasteiger partial charge in [0, 0.05) is 17.3 Å². The van der Waals surface area contributed by atoms with Gasteiger partial charge in [-0.2, -0.15) is 13.2 Å². The molecule has 0 fully saturated rings. The van der Waals surface area contributed by atoms with Crippen LogP contribution >= 0.6 is 11.8 Å². The summed E-state index contributed by atoms with van der Waals surface area (Å²) >= 11 is 1.59. The Labute approximate surface area is 178 Å². The van der Waals surface area contributed by atoms with Gasteiger partial charge in [-0.3, -0.25) is 4.79 Å². The van der Waals surface area contributed by atoms with E-state index in [2.05, 4.69) is 4.74 Å². The third kappa shape index (κ3) is 7.76. The molecule has 4 nitrogen and oxygen atoms in total. The Bertz CT molecular complexity index is 835. The maximum absolute atomic E-state index is 12.7. The zero-order chi connectivity index (χ0) is 22.0. The van der Waals surface area contributed by atoms with E-state index in [0.29, 0.717) is 30.1 Å². The van der Waals surface area contributed by atoms with Crippen LogP contribution in [-0.2, 0) is 20.4 Å². The van der Waals surface area contributed by atoms with Gasteiger partial charge in [0.1, 0.15) is 5.75 Å². The molecule has 0 bridgehead atoms. The highest BCUT2D eigenvalue weighted by molar-refractivity contribution is 7.99. The molecule has 1 unspecified atom stereocenters. The first-order valence-corrected chi connectivity index (χ1v) is 10.2. The van der Waals surface area contributed by atoms with Gasteiger partial charge in [0.05, 0.1) is 11.7 Å². The molecule has 0 amide bonds. The molecule has 0 aromatic heterocycles. The summed E-state index contributed by atoms with van der Waals surface area (Å²) in [4.78, 5) is 11.2. The number of halogens is 3. The highest BCUT2D eigenvalue weighted by atomic mass is 32.2. The number of ether oxygens (including phenoxy) is 3. The van der Waals surface area contributed by atoms with Crippen LogP contribution in [0.1, 0.15) is 23.6 Å². The van der Waals surface area contributed by atoms with Gasteiger partial charge < -0.3 is 14.2 Å². The summed E-state index contributed by atoms with van der Waals surface area (Å²) in [6.45, 7) is 4.49. The van der Waals surface area contributed by atoms with Gasteiger partial charge in [-0.1, -0.05) is 24.3 Å². The van der Waals surface area contributed by atoms with Crippen molar-refractivity contribution in [1.82, 2.24) is 0 Å². The van der Waals surface area contributed by atoms with E-state index in [9.17, 15) is 18.0 Å². The summed E-state index contributed by atoms with van der Waals surface area (Å²) in [7, 11) is 0. The van der Waals surface area contributed by atoms with Crippen molar-refractivity contribution in [3.8, 4) is 5.75 Å². The van der Waals surface area contributed by atoms with Gasteiger partial charge in [-0.15, -0.1) is 11.8 Å². The Morgan fingerprint density at radius 2 is 1.87 bits per heavy atom. The second-order valence-electron chi connectivity index (χ2n) is 6.24. The third-order valence-electron chi connectivity index (χ3n) is 4.03. The number of aryl methyl sites for hydroxylation is 1. The minimum atomic E-state index is -4.34. The Kier molecular flexibility index (Phi) is 9.26. The lowest BCUT2D eigenvalue weighted by Gasteiger charge is -2.14. The summed E-state index contributed by atoms with van der Waals surface area (Å²) < 4.78 is 53.6. The Morgan fingerprint density at radius 1 is 1.13 bits per heavy atom. The summed E-state index contributed by atoms with van der Waals surface area (Å²) in [5.74, 6) is 1.27. The monoisotopic (exact) mass is 440 g/mol. The largest absolute Gasteiger partial charge is 0.457 e. The molecule has 162 valence electrons. The summed E-state index contributed by atoms with van der Waals surface area (Å²) in [5.41, 5.74) is 0.910. The molecule has 0 radical (unpaired) electrons. The van der Waals surface area contributed by atoms with E-state index >= 15 is 0 Å². The van der Waals surface area contributed by atoms with Crippen LogP contribution in [0.25, 0.3) is 6.08 Å². The number of alkyl halides is 3. The molecule has 1 atom stereocenters.